The molecule has 9 nitrogen and oxygen atoms in total. The number of nitrogens with one attached hydrogen (secondary N) is 2. The van der Waals surface area contributed by atoms with Crippen LogP contribution < -0.4 is 10.6 Å². The zero-order valence-corrected chi connectivity index (χ0v) is 27.7. The Kier molecular flexibility index (Phi) is 9.86. The fraction of sp³-hybridized carbons (Fsp3) is 0.886. The molecular weight excluding hydrogens is 571 g/mol. The number of ether oxygens (including phenoxy) is 1. The van der Waals surface area contributed by atoms with E-state index in [1.807, 2.05) is 6.20 Å². The van der Waals surface area contributed by atoms with Gasteiger partial charge in [0.2, 0.25) is 0 Å². The maximum atomic E-state index is 16.2. The molecule has 3 aliphatic carbocycles. The number of halogens is 1. The molecule has 6 fully saturated rings. The lowest BCUT2D eigenvalue weighted by molar-refractivity contribution is -0.208. The van der Waals surface area contributed by atoms with Gasteiger partial charge < -0.3 is 35.0 Å². The Hall–Kier alpha value is -1.59. The summed E-state index contributed by atoms with van der Waals surface area (Å²) in [5, 5.41) is 6.66. The first-order chi connectivity index (χ1) is 21.9. The molecule has 0 bridgehead atoms. The Morgan fingerprint density at radius 1 is 0.978 bits per heavy atom. The molecule has 7 aliphatic rings. The molecule has 0 aromatic rings. The Bertz CT molecular complexity index is 1100. The normalized spacial score (nSPS) is 40.8. The molecule has 45 heavy (non-hydrogen) atoms. The average Bonchev–Trinajstić information content (AvgIpc) is 3.45. The van der Waals surface area contributed by atoms with Crippen LogP contribution in [0, 0.1) is 17.8 Å². The third kappa shape index (κ3) is 6.60. The van der Waals surface area contributed by atoms with Gasteiger partial charge in [-0.15, -0.1) is 0 Å². The molecule has 252 valence electrons. The molecule has 3 saturated heterocycles. The number of carbonyl (C=O) groups excluding carboxylic acids is 2. The average molecular weight is 629 g/mol. The second kappa shape index (κ2) is 13.9. The second-order valence-electron chi connectivity index (χ2n) is 15.5. The number of hydrogen-bond donors (Lipinski definition) is 2. The zero-order chi connectivity index (χ0) is 31.1. The summed E-state index contributed by atoms with van der Waals surface area (Å²) in [5.74, 6) is 0.301. The summed E-state index contributed by atoms with van der Waals surface area (Å²) in [4.78, 5) is 37.1. The van der Waals surface area contributed by atoms with Gasteiger partial charge in [0, 0.05) is 50.9 Å². The van der Waals surface area contributed by atoms with Crippen LogP contribution in [0.4, 0.5) is 4.39 Å². The molecule has 2 N–H and O–H groups in total. The Labute approximate surface area is 269 Å². The van der Waals surface area contributed by atoms with Gasteiger partial charge in [0.15, 0.2) is 5.78 Å². The monoisotopic (exact) mass is 628 g/mol. The first-order valence-corrected chi connectivity index (χ1v) is 18.3. The first-order valence-electron chi connectivity index (χ1n) is 18.3. The number of morpholine rings is 1. The van der Waals surface area contributed by atoms with Gasteiger partial charge in [-0.1, -0.05) is 25.7 Å². The van der Waals surface area contributed by atoms with Gasteiger partial charge in [-0.3, -0.25) is 9.59 Å². The highest BCUT2D eigenvalue weighted by Gasteiger charge is 2.59. The first kappa shape index (κ1) is 32.0. The summed E-state index contributed by atoms with van der Waals surface area (Å²) in [6, 6.07) is 0.0385. The molecule has 3 saturated carbocycles. The number of Topliss-reactive ketones (excluding diaryl/α,β-unsaturated/α-hetero) is 1. The van der Waals surface area contributed by atoms with E-state index in [1.54, 1.807) is 0 Å². The van der Waals surface area contributed by atoms with E-state index in [4.69, 9.17) is 4.74 Å². The van der Waals surface area contributed by atoms with Crippen LogP contribution in [0.3, 0.4) is 0 Å². The maximum absolute atomic E-state index is 16.2. The summed E-state index contributed by atoms with van der Waals surface area (Å²) >= 11 is 0. The topological polar surface area (TPSA) is 80.4 Å². The standard InChI is InChI=1S/C35H57FN6O3/c1-39-15-17-41(18-16-39)14-6-11-38-35(44)27-22-42-29-19-23-7-3-4-8-24(23)20-30(29)45-34-31(28(36)21-26(32(34)42)33(27)43)37-12-10-25-9-5-13-40(25)2/h22-26,28-32,34,37H,3-21H2,1-2H3,(H,38,44). The van der Waals surface area contributed by atoms with E-state index >= 15 is 4.39 Å². The van der Waals surface area contributed by atoms with Crippen molar-refractivity contribution in [2.24, 2.45) is 17.8 Å². The van der Waals surface area contributed by atoms with E-state index in [0.29, 0.717) is 24.4 Å². The maximum Gasteiger partial charge on any atom is 0.256 e. The molecule has 10 unspecified atom stereocenters. The van der Waals surface area contributed by atoms with Gasteiger partial charge in [-0.2, -0.15) is 0 Å². The minimum atomic E-state index is -1.18. The van der Waals surface area contributed by atoms with Crippen LogP contribution in [0.1, 0.15) is 70.6 Å². The van der Waals surface area contributed by atoms with E-state index < -0.39 is 24.2 Å². The van der Waals surface area contributed by atoms with E-state index in [-0.39, 0.29) is 41.9 Å². The van der Waals surface area contributed by atoms with Crippen molar-refractivity contribution < 1.29 is 18.7 Å². The van der Waals surface area contributed by atoms with E-state index in [0.717, 1.165) is 71.5 Å². The molecule has 0 radical (unpaired) electrons. The molecule has 0 aromatic heterocycles. The van der Waals surface area contributed by atoms with Crippen LogP contribution in [0.15, 0.2) is 11.8 Å². The van der Waals surface area contributed by atoms with E-state index in [2.05, 4.69) is 44.3 Å². The van der Waals surface area contributed by atoms with Crippen LogP contribution in [0.5, 0.6) is 0 Å². The van der Waals surface area contributed by atoms with Crippen molar-refractivity contribution in [2.45, 2.75) is 113 Å². The smallest absolute Gasteiger partial charge is 0.256 e. The number of likely N-dealkylation sites (tertiary alicyclic amines) is 1. The zero-order valence-electron chi connectivity index (χ0n) is 27.7. The molecule has 10 atom stereocenters. The molecule has 1 amide bonds. The number of piperazine rings is 1. The lowest BCUT2D eigenvalue weighted by Crippen LogP contribution is -2.73. The molecular formula is C35H57FN6O3. The second-order valence-corrected chi connectivity index (χ2v) is 15.5. The molecule has 10 heteroatoms. The van der Waals surface area contributed by atoms with Gasteiger partial charge in [0.1, 0.15) is 6.17 Å². The summed E-state index contributed by atoms with van der Waals surface area (Å²) in [6.07, 6.45) is 11.9. The van der Waals surface area contributed by atoms with Gasteiger partial charge in [-0.05, 0) is 90.5 Å². The molecule has 4 heterocycles. The number of amides is 1. The van der Waals surface area contributed by atoms with Crippen molar-refractivity contribution in [3.8, 4) is 0 Å². The molecule has 4 aliphatic heterocycles. The van der Waals surface area contributed by atoms with Crippen LogP contribution in [0.2, 0.25) is 0 Å². The number of fused-ring (bicyclic) bond motifs is 3. The fourth-order valence-corrected chi connectivity index (χ4v) is 10.1. The number of nitrogens with zero attached hydrogens (tertiary/aromatic N) is 4. The number of carbonyl (C=O) groups is 2. The highest BCUT2D eigenvalue weighted by Crippen LogP contribution is 2.50. The van der Waals surface area contributed by atoms with Gasteiger partial charge in [0.05, 0.1) is 35.9 Å². The Morgan fingerprint density at radius 2 is 1.76 bits per heavy atom. The quantitative estimate of drug-likeness (QED) is 0.298. The van der Waals surface area contributed by atoms with Crippen molar-refractivity contribution in [1.82, 2.24) is 30.2 Å². The Balaban J connectivity index is 1.07. The molecule has 0 spiro atoms. The molecule has 0 aromatic carbocycles. The largest absolute Gasteiger partial charge is 0.369 e. The highest BCUT2D eigenvalue weighted by atomic mass is 19.1. The summed E-state index contributed by atoms with van der Waals surface area (Å²) in [5.41, 5.74) is 0.226. The lowest BCUT2D eigenvalue weighted by atomic mass is 9.65. The number of alkyl halides is 1. The van der Waals surface area contributed by atoms with E-state index in [1.165, 1.54) is 38.5 Å². The highest BCUT2D eigenvalue weighted by molar-refractivity contribution is 6.20. The van der Waals surface area contributed by atoms with Gasteiger partial charge >= 0.3 is 0 Å². The number of hydrogen-bond acceptors (Lipinski definition) is 8. The fourth-order valence-electron chi connectivity index (χ4n) is 10.1. The van der Waals surface area contributed by atoms with Crippen LogP contribution in [-0.2, 0) is 14.3 Å². The summed E-state index contributed by atoms with van der Waals surface area (Å²) < 4.78 is 23.1. The number of ketones is 1. The predicted octanol–water partition coefficient (Wildman–Crippen LogP) is 2.41. The third-order valence-corrected chi connectivity index (χ3v) is 12.8. The number of rotatable bonds is 9. The van der Waals surface area contributed by atoms with Crippen LogP contribution in [0.25, 0.3) is 0 Å². The van der Waals surface area contributed by atoms with Gasteiger partial charge in [-0.25, -0.2) is 4.39 Å². The van der Waals surface area contributed by atoms with E-state index in [9.17, 15) is 9.59 Å². The van der Waals surface area contributed by atoms with Crippen molar-refractivity contribution in [3.63, 3.8) is 0 Å². The van der Waals surface area contributed by atoms with Crippen molar-refractivity contribution in [2.75, 3.05) is 66.5 Å². The van der Waals surface area contributed by atoms with Crippen LogP contribution in [-0.4, -0.2) is 140 Å². The van der Waals surface area contributed by atoms with Crippen molar-refractivity contribution in [3.05, 3.63) is 11.8 Å². The third-order valence-electron chi connectivity index (χ3n) is 12.8. The van der Waals surface area contributed by atoms with Crippen LogP contribution >= 0.6 is 0 Å². The molecule has 7 rings (SSSR count). The summed E-state index contributed by atoms with van der Waals surface area (Å²) in [7, 11) is 4.34. The summed E-state index contributed by atoms with van der Waals surface area (Å²) in [6.45, 7) is 7.62. The lowest BCUT2D eigenvalue weighted by Gasteiger charge is -2.61. The van der Waals surface area contributed by atoms with Crippen molar-refractivity contribution >= 4 is 11.7 Å². The van der Waals surface area contributed by atoms with Gasteiger partial charge in [0.25, 0.3) is 5.91 Å². The Morgan fingerprint density at radius 3 is 2.51 bits per heavy atom. The van der Waals surface area contributed by atoms with Crippen molar-refractivity contribution in [1.29, 1.82) is 0 Å². The minimum absolute atomic E-state index is 0.0131. The SMILES string of the molecule is CN1CCN(CCCNC(=O)C2=CN3C4CC5CCCCC5CC4OC4C(NCCC5CCCN5C)C(F)CC(C2=O)C43)CC1. The minimum Gasteiger partial charge on any atom is -0.369 e. The number of likely N-dealkylation sites (N-methyl/N-ethyl adjacent to an activating group) is 1. The predicted molar refractivity (Wildman–Crippen MR) is 172 cm³/mol.